The van der Waals surface area contributed by atoms with E-state index in [0.29, 0.717) is 6.42 Å². The third-order valence-corrected chi connectivity index (χ3v) is 4.46. The number of carbonyl (C=O) groups excluding carboxylic acids is 1. The highest BCUT2D eigenvalue weighted by atomic mass is 16.5. The van der Waals surface area contributed by atoms with Gasteiger partial charge in [0.1, 0.15) is 5.75 Å². The van der Waals surface area contributed by atoms with Gasteiger partial charge in [-0.25, -0.2) is 0 Å². The van der Waals surface area contributed by atoms with Gasteiger partial charge in [0.05, 0.1) is 6.10 Å². The van der Waals surface area contributed by atoms with Gasteiger partial charge in [-0.3, -0.25) is 4.79 Å². The van der Waals surface area contributed by atoms with Crippen molar-refractivity contribution in [3.8, 4) is 5.75 Å². The Morgan fingerprint density at radius 1 is 1.45 bits per heavy atom. The molecule has 0 saturated heterocycles. The molecule has 0 aliphatic heterocycles. The van der Waals surface area contributed by atoms with Crippen molar-refractivity contribution in [2.75, 3.05) is 6.61 Å². The zero-order chi connectivity index (χ0) is 14.9. The Morgan fingerprint density at radius 2 is 2.15 bits per heavy atom. The first kappa shape index (κ1) is 14.9. The summed E-state index contributed by atoms with van der Waals surface area (Å²) in [6.07, 6.45) is 0.273. The molecule has 2 unspecified atom stereocenters. The molecular formula is C16H23NO3. The van der Waals surface area contributed by atoms with E-state index in [1.54, 1.807) is 0 Å². The molecule has 1 fully saturated rings. The fraction of sp³-hybridized carbons (Fsp3) is 0.562. The molecule has 2 N–H and O–H groups in total. The smallest absolute Gasteiger partial charge is 0.258 e. The van der Waals surface area contributed by atoms with Crippen LogP contribution in [0.2, 0.25) is 0 Å². The van der Waals surface area contributed by atoms with Crippen LogP contribution in [0.15, 0.2) is 18.2 Å². The molecule has 110 valence electrons. The van der Waals surface area contributed by atoms with Crippen molar-refractivity contribution in [2.24, 2.45) is 5.41 Å². The molecular weight excluding hydrogens is 254 g/mol. The van der Waals surface area contributed by atoms with Crippen LogP contribution in [0.3, 0.4) is 0 Å². The van der Waals surface area contributed by atoms with Crippen LogP contribution >= 0.6 is 0 Å². The van der Waals surface area contributed by atoms with E-state index in [1.165, 1.54) is 0 Å². The summed E-state index contributed by atoms with van der Waals surface area (Å²) in [5.41, 5.74) is 1.94. The second-order valence-corrected chi connectivity index (χ2v) is 6.18. The number of aryl methyl sites for hydroxylation is 1. The lowest BCUT2D eigenvalue weighted by Gasteiger charge is -2.49. The summed E-state index contributed by atoms with van der Waals surface area (Å²) in [6, 6.07) is 5.82. The van der Waals surface area contributed by atoms with E-state index in [0.717, 1.165) is 16.9 Å². The van der Waals surface area contributed by atoms with Gasteiger partial charge in [-0.2, -0.15) is 0 Å². The average Bonchev–Trinajstić information content (AvgIpc) is 2.40. The number of amides is 1. The van der Waals surface area contributed by atoms with Crippen molar-refractivity contribution >= 4 is 5.91 Å². The van der Waals surface area contributed by atoms with Gasteiger partial charge in [0.25, 0.3) is 5.91 Å². The largest absolute Gasteiger partial charge is 0.483 e. The Morgan fingerprint density at radius 3 is 2.75 bits per heavy atom. The summed E-state index contributed by atoms with van der Waals surface area (Å²) in [5, 5.41) is 12.6. The fourth-order valence-electron chi connectivity index (χ4n) is 2.41. The lowest BCUT2D eigenvalue weighted by Crippen LogP contribution is -2.61. The molecule has 4 nitrogen and oxygen atoms in total. The summed E-state index contributed by atoms with van der Waals surface area (Å²) >= 11 is 0. The van der Waals surface area contributed by atoms with Gasteiger partial charge >= 0.3 is 0 Å². The highest BCUT2D eigenvalue weighted by molar-refractivity contribution is 5.78. The third kappa shape index (κ3) is 2.80. The standard InChI is InChI=1S/C16H23NO3/c1-10-6-5-7-12(11(10)2)20-9-15(19)17-13-8-14(18)16(13,3)4/h5-7,13-14,18H,8-9H2,1-4H3,(H,17,19). The number of nitrogens with one attached hydrogen (secondary N) is 1. The summed E-state index contributed by atoms with van der Waals surface area (Å²) in [4.78, 5) is 11.9. The van der Waals surface area contributed by atoms with E-state index in [2.05, 4.69) is 5.32 Å². The predicted octanol–water partition coefficient (Wildman–Crippen LogP) is 1.96. The Hall–Kier alpha value is -1.55. The van der Waals surface area contributed by atoms with Crippen molar-refractivity contribution in [3.63, 3.8) is 0 Å². The molecule has 4 heteroatoms. The lowest BCUT2D eigenvalue weighted by molar-refractivity contribution is -0.131. The lowest BCUT2D eigenvalue weighted by atomic mass is 9.64. The number of rotatable bonds is 4. The zero-order valence-corrected chi connectivity index (χ0v) is 12.6. The molecule has 1 saturated carbocycles. The average molecular weight is 277 g/mol. The van der Waals surface area contributed by atoms with Crippen LogP contribution in [-0.2, 0) is 4.79 Å². The number of aliphatic hydroxyl groups is 1. The van der Waals surface area contributed by atoms with Crippen LogP contribution in [0.1, 0.15) is 31.4 Å². The first-order chi connectivity index (χ1) is 9.32. The first-order valence-corrected chi connectivity index (χ1v) is 6.99. The first-order valence-electron chi connectivity index (χ1n) is 6.99. The molecule has 0 aromatic heterocycles. The van der Waals surface area contributed by atoms with E-state index >= 15 is 0 Å². The monoisotopic (exact) mass is 277 g/mol. The molecule has 0 radical (unpaired) electrons. The molecule has 0 spiro atoms. The molecule has 2 atom stereocenters. The van der Waals surface area contributed by atoms with E-state index < -0.39 is 0 Å². The van der Waals surface area contributed by atoms with Crippen LogP contribution in [0.25, 0.3) is 0 Å². The van der Waals surface area contributed by atoms with E-state index in [-0.39, 0.29) is 30.1 Å². The van der Waals surface area contributed by atoms with Crippen LogP contribution in [0.5, 0.6) is 5.75 Å². The van der Waals surface area contributed by atoms with Gasteiger partial charge in [0, 0.05) is 11.5 Å². The topological polar surface area (TPSA) is 58.6 Å². The maximum absolute atomic E-state index is 11.9. The minimum Gasteiger partial charge on any atom is -0.483 e. The van der Waals surface area contributed by atoms with Gasteiger partial charge in [0.2, 0.25) is 0 Å². The number of aliphatic hydroxyl groups excluding tert-OH is 1. The van der Waals surface area contributed by atoms with E-state index in [4.69, 9.17) is 4.74 Å². The Labute approximate surface area is 120 Å². The molecule has 1 amide bonds. The molecule has 0 bridgehead atoms. The summed E-state index contributed by atoms with van der Waals surface area (Å²) in [6.45, 7) is 7.91. The SMILES string of the molecule is Cc1cccc(OCC(=O)NC2CC(O)C2(C)C)c1C. The fourth-order valence-corrected chi connectivity index (χ4v) is 2.41. The summed E-state index contributed by atoms with van der Waals surface area (Å²) < 4.78 is 5.57. The van der Waals surface area contributed by atoms with E-state index in [9.17, 15) is 9.90 Å². The molecule has 1 aromatic rings. The van der Waals surface area contributed by atoms with Gasteiger partial charge in [-0.15, -0.1) is 0 Å². The number of ether oxygens (including phenoxy) is 1. The Kier molecular flexibility index (Phi) is 4.04. The third-order valence-electron chi connectivity index (χ3n) is 4.46. The van der Waals surface area contributed by atoms with Gasteiger partial charge < -0.3 is 15.2 Å². The molecule has 1 aliphatic rings. The maximum atomic E-state index is 11.9. The van der Waals surface area contributed by atoms with Gasteiger partial charge in [0.15, 0.2) is 6.61 Å². The van der Waals surface area contributed by atoms with Crippen molar-refractivity contribution in [1.82, 2.24) is 5.32 Å². The van der Waals surface area contributed by atoms with Crippen LogP contribution < -0.4 is 10.1 Å². The number of carbonyl (C=O) groups is 1. The quantitative estimate of drug-likeness (QED) is 0.884. The normalized spacial score (nSPS) is 23.9. The Bertz CT molecular complexity index is 510. The minimum atomic E-state index is -0.340. The molecule has 2 rings (SSSR count). The van der Waals surface area contributed by atoms with Crippen molar-refractivity contribution in [2.45, 2.75) is 46.3 Å². The maximum Gasteiger partial charge on any atom is 0.258 e. The highest BCUT2D eigenvalue weighted by Gasteiger charge is 2.47. The van der Waals surface area contributed by atoms with Crippen LogP contribution in [0.4, 0.5) is 0 Å². The van der Waals surface area contributed by atoms with Crippen molar-refractivity contribution in [1.29, 1.82) is 0 Å². The van der Waals surface area contributed by atoms with Crippen LogP contribution in [0, 0.1) is 19.3 Å². The molecule has 0 heterocycles. The van der Waals surface area contributed by atoms with Crippen molar-refractivity contribution < 1.29 is 14.6 Å². The summed E-state index contributed by atoms with van der Waals surface area (Å²) in [7, 11) is 0. The summed E-state index contributed by atoms with van der Waals surface area (Å²) in [5.74, 6) is 0.601. The van der Waals surface area contributed by atoms with Gasteiger partial charge in [-0.1, -0.05) is 26.0 Å². The molecule has 20 heavy (non-hydrogen) atoms. The van der Waals surface area contributed by atoms with Crippen LogP contribution in [-0.4, -0.2) is 29.8 Å². The second kappa shape index (κ2) is 5.44. The van der Waals surface area contributed by atoms with Crippen molar-refractivity contribution in [3.05, 3.63) is 29.3 Å². The second-order valence-electron chi connectivity index (χ2n) is 6.18. The van der Waals surface area contributed by atoms with E-state index in [1.807, 2.05) is 45.9 Å². The van der Waals surface area contributed by atoms with Gasteiger partial charge in [-0.05, 0) is 37.5 Å². The number of benzene rings is 1. The highest BCUT2D eigenvalue weighted by Crippen LogP contribution is 2.40. The number of hydrogen-bond donors (Lipinski definition) is 2. The predicted molar refractivity (Wildman–Crippen MR) is 77.7 cm³/mol. The molecule has 1 aromatic carbocycles. The Balaban J connectivity index is 1.86. The molecule has 1 aliphatic carbocycles. The minimum absolute atomic E-state index is 0.00691. The zero-order valence-electron chi connectivity index (χ0n) is 12.6. The number of hydrogen-bond acceptors (Lipinski definition) is 3.